The fourth-order valence-electron chi connectivity index (χ4n) is 2.31. The van der Waals surface area contributed by atoms with E-state index in [0.29, 0.717) is 11.5 Å². The molecule has 0 saturated carbocycles. The second kappa shape index (κ2) is 6.83. The molecule has 0 aliphatic carbocycles. The van der Waals surface area contributed by atoms with Crippen molar-refractivity contribution in [3.8, 4) is 0 Å². The minimum atomic E-state index is -0.332. The van der Waals surface area contributed by atoms with Crippen molar-refractivity contribution in [2.24, 2.45) is 0 Å². The van der Waals surface area contributed by atoms with Gasteiger partial charge in [-0.1, -0.05) is 30.3 Å². The Balaban J connectivity index is 1.76. The number of hydrogen-bond donors (Lipinski definition) is 1. The standard InChI is InChI=1S/C19H17NO3/c1-14-9-10-16(23-14)11-12-18(21)20-19(17-8-5-13-22-17)15-6-3-2-4-7-15/h2-13,19H,1H3,(H,20,21)/b12-11-/t19-/m1/s1. The largest absolute Gasteiger partial charge is 0.467 e. The molecule has 0 aliphatic rings. The highest BCUT2D eigenvalue weighted by Gasteiger charge is 2.18. The summed E-state index contributed by atoms with van der Waals surface area (Å²) in [4.78, 5) is 12.2. The lowest BCUT2D eigenvalue weighted by atomic mass is 10.0. The molecule has 23 heavy (non-hydrogen) atoms. The van der Waals surface area contributed by atoms with Crippen LogP contribution < -0.4 is 5.32 Å². The van der Waals surface area contributed by atoms with Crippen molar-refractivity contribution >= 4 is 12.0 Å². The Morgan fingerprint density at radius 3 is 2.57 bits per heavy atom. The zero-order valence-corrected chi connectivity index (χ0v) is 12.7. The zero-order chi connectivity index (χ0) is 16.1. The van der Waals surface area contributed by atoms with Crippen LogP contribution in [0.4, 0.5) is 0 Å². The van der Waals surface area contributed by atoms with Crippen molar-refractivity contribution in [3.63, 3.8) is 0 Å². The first kappa shape index (κ1) is 14.9. The Labute approximate surface area is 134 Å². The Bertz CT molecular complexity index is 785. The van der Waals surface area contributed by atoms with Gasteiger partial charge >= 0.3 is 0 Å². The average molecular weight is 307 g/mol. The molecule has 4 nitrogen and oxygen atoms in total. The summed E-state index contributed by atoms with van der Waals surface area (Å²) in [5.74, 6) is 1.92. The van der Waals surface area contributed by atoms with Gasteiger partial charge in [0.25, 0.3) is 0 Å². The quantitative estimate of drug-likeness (QED) is 0.722. The second-order valence-electron chi connectivity index (χ2n) is 5.15. The van der Waals surface area contributed by atoms with Crippen LogP contribution in [0.5, 0.6) is 0 Å². The first-order chi connectivity index (χ1) is 11.2. The van der Waals surface area contributed by atoms with E-state index in [9.17, 15) is 4.79 Å². The molecular weight excluding hydrogens is 290 g/mol. The van der Waals surface area contributed by atoms with E-state index < -0.39 is 0 Å². The Morgan fingerprint density at radius 2 is 1.91 bits per heavy atom. The molecule has 2 heterocycles. The van der Waals surface area contributed by atoms with Crippen molar-refractivity contribution < 1.29 is 13.6 Å². The van der Waals surface area contributed by atoms with Gasteiger partial charge in [0.2, 0.25) is 5.91 Å². The average Bonchev–Trinajstić information content (AvgIpc) is 3.23. The van der Waals surface area contributed by atoms with E-state index in [0.717, 1.165) is 11.3 Å². The van der Waals surface area contributed by atoms with E-state index in [1.807, 2.05) is 55.5 Å². The minimum absolute atomic E-state index is 0.218. The maximum Gasteiger partial charge on any atom is 0.244 e. The van der Waals surface area contributed by atoms with Crippen molar-refractivity contribution in [2.45, 2.75) is 13.0 Å². The van der Waals surface area contributed by atoms with E-state index in [1.54, 1.807) is 18.4 Å². The van der Waals surface area contributed by atoms with Crippen LogP contribution in [0.25, 0.3) is 6.08 Å². The summed E-state index contributed by atoms with van der Waals surface area (Å²) in [5.41, 5.74) is 0.957. The van der Waals surface area contributed by atoms with Crippen LogP contribution in [-0.4, -0.2) is 5.91 Å². The number of rotatable bonds is 5. The summed E-state index contributed by atoms with van der Waals surface area (Å²) in [6, 6.07) is 16.7. The number of hydrogen-bond acceptors (Lipinski definition) is 3. The number of furan rings is 2. The molecule has 1 N–H and O–H groups in total. The highest BCUT2D eigenvalue weighted by Crippen LogP contribution is 2.22. The molecule has 0 saturated heterocycles. The van der Waals surface area contributed by atoms with Gasteiger partial charge in [-0.05, 0) is 42.8 Å². The summed E-state index contributed by atoms with van der Waals surface area (Å²) < 4.78 is 10.9. The third kappa shape index (κ3) is 3.80. The number of aryl methyl sites for hydroxylation is 1. The number of amides is 1. The Hall–Kier alpha value is -3.01. The van der Waals surface area contributed by atoms with E-state index in [-0.39, 0.29) is 11.9 Å². The predicted octanol–water partition coefficient (Wildman–Crippen LogP) is 4.10. The summed E-state index contributed by atoms with van der Waals surface area (Å²) in [7, 11) is 0. The van der Waals surface area contributed by atoms with Crippen LogP contribution in [0.3, 0.4) is 0 Å². The fourth-order valence-corrected chi connectivity index (χ4v) is 2.31. The molecule has 0 bridgehead atoms. The Morgan fingerprint density at radius 1 is 1.09 bits per heavy atom. The molecule has 1 aromatic carbocycles. The van der Waals surface area contributed by atoms with Crippen LogP contribution in [0, 0.1) is 6.92 Å². The van der Waals surface area contributed by atoms with Crippen molar-refractivity contribution in [1.82, 2.24) is 5.32 Å². The van der Waals surface area contributed by atoms with Crippen LogP contribution in [0.1, 0.15) is 28.9 Å². The molecule has 2 aromatic heterocycles. The first-order valence-corrected chi connectivity index (χ1v) is 7.36. The van der Waals surface area contributed by atoms with Gasteiger partial charge in [-0.3, -0.25) is 4.79 Å². The van der Waals surface area contributed by atoms with Crippen LogP contribution in [0.2, 0.25) is 0 Å². The van der Waals surface area contributed by atoms with Gasteiger partial charge in [0.1, 0.15) is 23.3 Å². The van der Waals surface area contributed by atoms with Gasteiger partial charge in [0, 0.05) is 6.08 Å². The molecule has 3 aromatic rings. The van der Waals surface area contributed by atoms with Gasteiger partial charge in [0.15, 0.2) is 0 Å². The number of carbonyl (C=O) groups is 1. The van der Waals surface area contributed by atoms with Gasteiger partial charge in [0.05, 0.1) is 6.26 Å². The molecular formula is C19H17NO3. The van der Waals surface area contributed by atoms with E-state index in [1.165, 1.54) is 6.08 Å². The molecule has 0 spiro atoms. The van der Waals surface area contributed by atoms with Crippen molar-refractivity contribution in [1.29, 1.82) is 0 Å². The summed E-state index contributed by atoms with van der Waals surface area (Å²) in [6.45, 7) is 1.86. The van der Waals surface area contributed by atoms with E-state index in [4.69, 9.17) is 8.83 Å². The molecule has 4 heteroatoms. The molecule has 3 rings (SSSR count). The smallest absolute Gasteiger partial charge is 0.244 e. The van der Waals surface area contributed by atoms with Gasteiger partial charge < -0.3 is 14.2 Å². The number of carbonyl (C=O) groups excluding carboxylic acids is 1. The zero-order valence-electron chi connectivity index (χ0n) is 12.7. The first-order valence-electron chi connectivity index (χ1n) is 7.36. The van der Waals surface area contributed by atoms with Gasteiger partial charge in [-0.15, -0.1) is 0 Å². The highest BCUT2D eigenvalue weighted by atomic mass is 16.3. The molecule has 0 radical (unpaired) electrons. The maximum absolute atomic E-state index is 12.2. The fraction of sp³-hybridized carbons (Fsp3) is 0.105. The van der Waals surface area contributed by atoms with Crippen LogP contribution in [0.15, 0.2) is 75.8 Å². The molecule has 116 valence electrons. The molecule has 0 fully saturated rings. The van der Waals surface area contributed by atoms with Crippen LogP contribution >= 0.6 is 0 Å². The third-order valence-corrected chi connectivity index (χ3v) is 3.41. The lowest BCUT2D eigenvalue weighted by molar-refractivity contribution is -0.117. The molecule has 1 atom stereocenters. The van der Waals surface area contributed by atoms with Crippen LogP contribution in [-0.2, 0) is 4.79 Å². The summed E-state index contributed by atoms with van der Waals surface area (Å²) >= 11 is 0. The normalized spacial score (nSPS) is 12.4. The molecule has 1 amide bonds. The highest BCUT2D eigenvalue weighted by molar-refractivity contribution is 5.91. The Kier molecular flexibility index (Phi) is 4.43. The molecule has 0 unspecified atom stereocenters. The van der Waals surface area contributed by atoms with Crippen molar-refractivity contribution in [3.05, 3.63) is 89.8 Å². The lowest BCUT2D eigenvalue weighted by Crippen LogP contribution is -2.27. The van der Waals surface area contributed by atoms with Gasteiger partial charge in [-0.2, -0.15) is 0 Å². The topological polar surface area (TPSA) is 55.4 Å². The summed E-state index contributed by atoms with van der Waals surface area (Å²) in [6.07, 6.45) is 4.70. The minimum Gasteiger partial charge on any atom is -0.467 e. The van der Waals surface area contributed by atoms with E-state index in [2.05, 4.69) is 5.32 Å². The third-order valence-electron chi connectivity index (χ3n) is 3.41. The SMILES string of the molecule is Cc1ccc(/C=C\C(=O)N[C@H](c2ccccc2)c2ccco2)o1. The maximum atomic E-state index is 12.2. The van der Waals surface area contributed by atoms with E-state index >= 15 is 0 Å². The summed E-state index contributed by atoms with van der Waals surface area (Å²) in [5, 5.41) is 2.95. The second-order valence-corrected chi connectivity index (χ2v) is 5.15. The predicted molar refractivity (Wildman–Crippen MR) is 87.6 cm³/mol. The lowest BCUT2D eigenvalue weighted by Gasteiger charge is -2.16. The molecule has 0 aliphatic heterocycles. The van der Waals surface area contributed by atoms with Crippen molar-refractivity contribution in [2.75, 3.05) is 0 Å². The number of benzene rings is 1. The number of nitrogens with one attached hydrogen (secondary N) is 1. The van der Waals surface area contributed by atoms with Gasteiger partial charge in [-0.25, -0.2) is 0 Å². The monoisotopic (exact) mass is 307 g/mol.